The van der Waals surface area contributed by atoms with Crippen molar-refractivity contribution >= 4 is 29.0 Å². The number of nitrogens with two attached hydrogens (primary N) is 1. The molecule has 0 spiro atoms. The molecule has 2 saturated carbocycles. The smallest absolute Gasteiger partial charge is 0.235 e. The highest BCUT2D eigenvalue weighted by Gasteiger charge is 2.66. The van der Waals surface area contributed by atoms with Gasteiger partial charge in [0.15, 0.2) is 34.7 Å². The van der Waals surface area contributed by atoms with Crippen molar-refractivity contribution in [3.05, 3.63) is 89.0 Å². The Morgan fingerprint density at radius 3 is 2.21 bits per heavy atom. The van der Waals surface area contributed by atoms with E-state index in [2.05, 4.69) is 17.4 Å². The van der Waals surface area contributed by atoms with Crippen LogP contribution in [0.2, 0.25) is 0 Å². The third kappa shape index (κ3) is 4.36. The van der Waals surface area contributed by atoms with E-state index in [4.69, 9.17) is 5.73 Å². The van der Waals surface area contributed by atoms with Gasteiger partial charge in [0.2, 0.25) is 5.91 Å². The van der Waals surface area contributed by atoms with Gasteiger partial charge in [-0.2, -0.15) is 0 Å². The molecule has 1 amide bonds. The Morgan fingerprint density at radius 2 is 1.55 bits per heavy atom. The Kier molecular flexibility index (Phi) is 6.87. The van der Waals surface area contributed by atoms with Crippen LogP contribution in [0, 0.1) is 23.7 Å². The summed E-state index contributed by atoms with van der Waals surface area (Å²) in [5.41, 5.74) is 6.97. The Labute approximate surface area is 241 Å². The molecule has 5 N–H and O–H groups in total. The molecule has 2 fully saturated rings. The number of ketones is 4. The largest absolute Gasteiger partial charge is 0.507 e. The number of fused-ring (bicyclic) bond motifs is 3. The van der Waals surface area contributed by atoms with Gasteiger partial charge >= 0.3 is 0 Å². The summed E-state index contributed by atoms with van der Waals surface area (Å²) in [7, 11) is 0. The lowest BCUT2D eigenvalue weighted by Gasteiger charge is -2.48. The third-order valence-electron chi connectivity index (χ3n) is 9.05. The molecule has 0 heterocycles. The van der Waals surface area contributed by atoms with Crippen molar-refractivity contribution in [3.8, 4) is 16.9 Å². The minimum absolute atomic E-state index is 0.0106. The monoisotopic (exact) mass is 566 g/mol. The van der Waals surface area contributed by atoms with E-state index in [1.807, 2.05) is 42.5 Å². The maximum Gasteiger partial charge on any atom is 0.235 e. The lowest BCUT2D eigenvalue weighted by atomic mass is 9.53. The number of hydrogen-bond acceptors (Lipinski definition) is 8. The van der Waals surface area contributed by atoms with E-state index in [1.165, 1.54) is 11.6 Å². The molecule has 3 aliphatic carbocycles. The minimum Gasteiger partial charge on any atom is -0.507 e. The molecule has 0 saturated heterocycles. The number of nitrogens with one attached hydrogen (secondary N) is 1. The first-order valence-corrected chi connectivity index (χ1v) is 14.0. The van der Waals surface area contributed by atoms with Crippen molar-refractivity contribution in [2.45, 2.75) is 38.0 Å². The van der Waals surface area contributed by atoms with Crippen LogP contribution in [0.3, 0.4) is 0 Å². The number of rotatable bonds is 6. The first-order valence-electron chi connectivity index (χ1n) is 14.0. The number of aliphatic hydroxyl groups is 1. The fourth-order valence-corrected chi connectivity index (χ4v) is 6.99. The zero-order valence-corrected chi connectivity index (χ0v) is 22.7. The van der Waals surface area contributed by atoms with E-state index in [9.17, 15) is 34.2 Å². The van der Waals surface area contributed by atoms with Gasteiger partial charge in [-0.1, -0.05) is 60.7 Å². The van der Waals surface area contributed by atoms with E-state index in [0.717, 1.165) is 23.2 Å². The van der Waals surface area contributed by atoms with E-state index in [-0.39, 0.29) is 30.6 Å². The number of amides is 1. The van der Waals surface area contributed by atoms with E-state index >= 15 is 0 Å². The van der Waals surface area contributed by atoms with Gasteiger partial charge in [-0.3, -0.25) is 24.0 Å². The minimum atomic E-state index is -2.65. The van der Waals surface area contributed by atoms with Crippen LogP contribution in [0.1, 0.15) is 39.9 Å². The van der Waals surface area contributed by atoms with Crippen molar-refractivity contribution in [2.75, 3.05) is 0 Å². The summed E-state index contributed by atoms with van der Waals surface area (Å²) in [5.74, 6) is -10.2. The molecule has 2 unspecified atom stereocenters. The van der Waals surface area contributed by atoms with Gasteiger partial charge in [0.1, 0.15) is 5.75 Å². The van der Waals surface area contributed by atoms with Crippen molar-refractivity contribution < 1.29 is 34.2 Å². The molecule has 214 valence electrons. The Bertz CT molecular complexity index is 1630. The summed E-state index contributed by atoms with van der Waals surface area (Å²) in [4.78, 5) is 64.9. The van der Waals surface area contributed by atoms with Crippen LogP contribution in [0.15, 0.2) is 66.7 Å². The van der Waals surface area contributed by atoms with Crippen LogP contribution in [0.4, 0.5) is 0 Å². The molecule has 0 aliphatic heterocycles. The maximum absolute atomic E-state index is 13.8. The van der Waals surface area contributed by atoms with Crippen LogP contribution < -0.4 is 11.1 Å². The highest BCUT2D eigenvalue weighted by molar-refractivity contribution is 6.31. The topological polar surface area (TPSA) is 164 Å². The van der Waals surface area contributed by atoms with E-state index < -0.39 is 58.3 Å². The lowest BCUT2D eigenvalue weighted by molar-refractivity contribution is -0.175. The first kappa shape index (κ1) is 27.7. The number of primary amides is 1. The van der Waals surface area contributed by atoms with Crippen molar-refractivity contribution in [1.29, 1.82) is 0 Å². The second-order valence-corrected chi connectivity index (χ2v) is 11.5. The molecular formula is C33H30N2O7. The molecule has 0 aromatic heterocycles. The van der Waals surface area contributed by atoms with Gasteiger partial charge in [0.25, 0.3) is 0 Å². The summed E-state index contributed by atoms with van der Waals surface area (Å²) >= 11 is 0. The molecule has 9 nitrogen and oxygen atoms in total. The normalized spacial score (nSPS) is 26.8. The first-order chi connectivity index (χ1) is 20.1. The number of aromatic hydroxyl groups is 1. The van der Waals surface area contributed by atoms with Crippen molar-refractivity contribution in [1.82, 2.24) is 5.32 Å². The van der Waals surface area contributed by atoms with Gasteiger partial charge in [-0.15, -0.1) is 0 Å². The summed E-state index contributed by atoms with van der Waals surface area (Å²) in [6, 6.07) is 21.1. The number of benzene rings is 3. The van der Waals surface area contributed by atoms with Crippen molar-refractivity contribution in [2.24, 2.45) is 29.4 Å². The summed E-state index contributed by atoms with van der Waals surface area (Å²) in [6.45, 7) is 1.39. The highest BCUT2D eigenvalue weighted by Crippen LogP contribution is 2.51. The standard InChI is InChI=1S/C33H30N2O7/c34-32(41)28-25(37)14-21-12-20-13-23-22(19-8-6-18(7-9-19)16-35-15-17-4-2-1-3-5-17)10-11-24(36)27(23)29(38)26(20)30(39)33(21,42)31(28)40/h1-11,20-21,26,28,35-36,42H,12-16H2,(H2,34,41)/t20-,21+,26?,28?,33+/m1/s1. The Morgan fingerprint density at radius 1 is 0.881 bits per heavy atom. The summed E-state index contributed by atoms with van der Waals surface area (Å²) in [6.07, 6.45) is -0.0729. The van der Waals surface area contributed by atoms with Gasteiger partial charge < -0.3 is 21.3 Å². The van der Waals surface area contributed by atoms with E-state index in [0.29, 0.717) is 12.1 Å². The zero-order valence-electron chi connectivity index (χ0n) is 22.7. The number of hydrogen-bond donors (Lipinski definition) is 4. The number of phenols is 1. The molecule has 6 rings (SSSR count). The molecule has 3 aliphatic rings. The third-order valence-corrected chi connectivity index (χ3v) is 9.05. The predicted octanol–water partition coefficient (Wildman–Crippen LogP) is 2.28. The second-order valence-electron chi connectivity index (χ2n) is 11.5. The molecule has 3 aromatic carbocycles. The molecule has 42 heavy (non-hydrogen) atoms. The Balaban J connectivity index is 1.28. The van der Waals surface area contributed by atoms with E-state index in [1.54, 1.807) is 6.07 Å². The summed E-state index contributed by atoms with van der Waals surface area (Å²) in [5, 5.41) is 25.5. The number of phenolic OH excluding ortho intramolecular Hbond substituents is 1. The summed E-state index contributed by atoms with van der Waals surface area (Å²) < 4.78 is 0. The fraction of sp³-hybridized carbons (Fsp3) is 0.303. The highest BCUT2D eigenvalue weighted by atomic mass is 16.3. The molecular weight excluding hydrogens is 536 g/mol. The number of carbonyl (C=O) groups is 5. The molecule has 5 atom stereocenters. The SMILES string of the molecule is NC(=O)C1C(=O)C[C@@H]2C[C@@H]3Cc4c(-c5ccc(CNCc6ccccc6)cc5)ccc(O)c4C(=O)C3C(=O)[C@]2(O)C1=O. The lowest BCUT2D eigenvalue weighted by Crippen LogP contribution is -2.68. The van der Waals surface area contributed by atoms with Crippen LogP contribution >= 0.6 is 0 Å². The average Bonchev–Trinajstić information content (AvgIpc) is 2.96. The average molecular weight is 567 g/mol. The molecule has 9 heteroatoms. The fourth-order valence-electron chi connectivity index (χ4n) is 6.99. The van der Waals surface area contributed by atoms with Crippen LogP contribution in [-0.4, -0.2) is 44.9 Å². The number of Topliss-reactive ketones (excluding diaryl/α,β-unsaturated/α-hetero) is 4. The number of carbonyl (C=O) groups excluding carboxylic acids is 5. The predicted molar refractivity (Wildman–Crippen MR) is 151 cm³/mol. The molecule has 0 radical (unpaired) electrons. The van der Waals surface area contributed by atoms with Crippen molar-refractivity contribution in [3.63, 3.8) is 0 Å². The van der Waals surface area contributed by atoms with Crippen LogP contribution in [-0.2, 0) is 38.7 Å². The quantitative estimate of drug-likeness (QED) is 0.330. The Hall–Kier alpha value is -4.47. The van der Waals surface area contributed by atoms with Crippen LogP contribution in [0.5, 0.6) is 5.75 Å². The van der Waals surface area contributed by atoms with Gasteiger partial charge in [-0.05, 0) is 52.6 Å². The van der Waals surface area contributed by atoms with Gasteiger partial charge in [0.05, 0.1) is 11.5 Å². The zero-order chi connectivity index (χ0) is 29.8. The molecule has 0 bridgehead atoms. The van der Waals surface area contributed by atoms with Crippen LogP contribution in [0.25, 0.3) is 11.1 Å². The van der Waals surface area contributed by atoms with Gasteiger partial charge in [0, 0.05) is 25.4 Å². The molecule has 3 aromatic rings. The maximum atomic E-state index is 13.8. The second kappa shape index (κ2) is 10.4. The van der Waals surface area contributed by atoms with Gasteiger partial charge in [-0.25, -0.2) is 0 Å².